The third kappa shape index (κ3) is 2.77. The Labute approximate surface area is 76.5 Å². The van der Waals surface area contributed by atoms with E-state index in [0.717, 1.165) is 0 Å². The van der Waals surface area contributed by atoms with E-state index in [1.165, 1.54) is 12.2 Å². The van der Waals surface area contributed by atoms with Crippen molar-refractivity contribution in [2.75, 3.05) is 13.2 Å². The van der Waals surface area contributed by atoms with Gasteiger partial charge in [0.05, 0.1) is 13.2 Å². The molecule has 1 N–H and O–H groups in total. The summed E-state index contributed by atoms with van der Waals surface area (Å²) in [5.41, 5.74) is 0. The molecule has 0 aromatic rings. The smallest absolute Gasteiger partial charge is 0.186 e. The summed E-state index contributed by atoms with van der Waals surface area (Å²) in [4.78, 5) is 11.0. The standard InChI is InChI=1S/C9H12O4/c1-2-5-12-9-4-3-7(11)8(6-10)13-9/h2-4,8-10H,1,5-6H2/t8-,9+/m1/s1. The number of aliphatic hydroxyl groups is 1. The molecule has 1 aliphatic rings. The predicted molar refractivity (Wildman–Crippen MR) is 46.0 cm³/mol. The molecule has 0 spiro atoms. The molecular formula is C9H12O4. The molecule has 13 heavy (non-hydrogen) atoms. The Bertz CT molecular complexity index is 222. The maximum atomic E-state index is 11.0. The summed E-state index contributed by atoms with van der Waals surface area (Å²) in [6.07, 6.45) is 3.10. The summed E-state index contributed by atoms with van der Waals surface area (Å²) < 4.78 is 10.2. The van der Waals surface area contributed by atoms with Crippen LogP contribution >= 0.6 is 0 Å². The highest BCUT2D eigenvalue weighted by Gasteiger charge is 2.24. The fourth-order valence-electron chi connectivity index (χ4n) is 0.946. The van der Waals surface area contributed by atoms with Gasteiger partial charge in [0, 0.05) is 0 Å². The number of ether oxygens (including phenoxy) is 2. The first-order valence-corrected chi connectivity index (χ1v) is 3.98. The van der Waals surface area contributed by atoms with Crippen molar-refractivity contribution in [1.29, 1.82) is 0 Å². The molecule has 0 fully saturated rings. The number of aliphatic hydroxyl groups excluding tert-OH is 1. The monoisotopic (exact) mass is 184 g/mol. The number of rotatable bonds is 4. The minimum absolute atomic E-state index is 0.235. The van der Waals surface area contributed by atoms with Crippen molar-refractivity contribution in [3.63, 3.8) is 0 Å². The van der Waals surface area contributed by atoms with Gasteiger partial charge in [0.2, 0.25) is 0 Å². The molecule has 0 radical (unpaired) electrons. The van der Waals surface area contributed by atoms with Gasteiger partial charge in [0.1, 0.15) is 6.10 Å². The molecule has 1 aliphatic heterocycles. The summed E-state index contributed by atoms with van der Waals surface area (Å²) in [7, 11) is 0. The van der Waals surface area contributed by atoms with Crippen LogP contribution in [0.2, 0.25) is 0 Å². The molecule has 2 atom stereocenters. The van der Waals surface area contributed by atoms with Gasteiger partial charge < -0.3 is 14.6 Å². The second kappa shape index (κ2) is 4.91. The number of carbonyl (C=O) groups is 1. The van der Waals surface area contributed by atoms with Crippen LogP contribution in [0.1, 0.15) is 0 Å². The van der Waals surface area contributed by atoms with Gasteiger partial charge in [0.15, 0.2) is 12.1 Å². The Hall–Kier alpha value is -0.970. The van der Waals surface area contributed by atoms with Gasteiger partial charge in [-0.25, -0.2) is 0 Å². The highest BCUT2D eigenvalue weighted by Crippen LogP contribution is 2.10. The van der Waals surface area contributed by atoms with Gasteiger partial charge in [-0.3, -0.25) is 4.79 Å². The van der Waals surface area contributed by atoms with E-state index in [9.17, 15) is 4.79 Å². The zero-order valence-electron chi connectivity index (χ0n) is 7.18. The molecule has 0 saturated heterocycles. The summed E-state index contributed by atoms with van der Waals surface area (Å²) >= 11 is 0. The number of carbonyl (C=O) groups excluding carboxylic acids is 1. The summed E-state index contributed by atoms with van der Waals surface area (Å²) in [5, 5.41) is 8.75. The third-order valence-corrected chi connectivity index (χ3v) is 1.58. The lowest BCUT2D eigenvalue weighted by Gasteiger charge is -2.22. The van der Waals surface area contributed by atoms with Crippen LogP contribution in [0.4, 0.5) is 0 Å². The van der Waals surface area contributed by atoms with E-state index < -0.39 is 12.4 Å². The molecule has 1 rings (SSSR count). The van der Waals surface area contributed by atoms with Crippen molar-refractivity contribution in [3.05, 3.63) is 24.8 Å². The largest absolute Gasteiger partial charge is 0.393 e. The van der Waals surface area contributed by atoms with Gasteiger partial charge >= 0.3 is 0 Å². The fourth-order valence-corrected chi connectivity index (χ4v) is 0.946. The molecule has 72 valence electrons. The first-order valence-electron chi connectivity index (χ1n) is 3.98. The van der Waals surface area contributed by atoms with Crippen molar-refractivity contribution in [1.82, 2.24) is 0 Å². The molecular weight excluding hydrogens is 172 g/mol. The Morgan fingerprint density at radius 3 is 3.15 bits per heavy atom. The van der Waals surface area contributed by atoms with E-state index in [2.05, 4.69) is 6.58 Å². The van der Waals surface area contributed by atoms with Crippen molar-refractivity contribution >= 4 is 5.78 Å². The zero-order chi connectivity index (χ0) is 9.68. The van der Waals surface area contributed by atoms with Crippen molar-refractivity contribution in [2.45, 2.75) is 12.4 Å². The molecule has 0 amide bonds. The third-order valence-electron chi connectivity index (χ3n) is 1.58. The van der Waals surface area contributed by atoms with Crippen LogP contribution in [0, 0.1) is 0 Å². The summed E-state index contributed by atoms with van der Waals surface area (Å²) in [5.74, 6) is -0.235. The van der Waals surface area contributed by atoms with Crippen LogP contribution < -0.4 is 0 Å². The van der Waals surface area contributed by atoms with Gasteiger partial charge in [-0.2, -0.15) is 0 Å². The van der Waals surface area contributed by atoms with E-state index in [1.54, 1.807) is 6.08 Å². The summed E-state index contributed by atoms with van der Waals surface area (Å²) in [6, 6.07) is 0. The Balaban J connectivity index is 2.47. The minimum Gasteiger partial charge on any atom is -0.393 e. The lowest BCUT2D eigenvalue weighted by atomic mass is 10.2. The van der Waals surface area contributed by atoms with Gasteiger partial charge in [-0.05, 0) is 12.2 Å². The topological polar surface area (TPSA) is 55.8 Å². The molecule has 0 bridgehead atoms. The van der Waals surface area contributed by atoms with Gasteiger partial charge in [-0.15, -0.1) is 6.58 Å². The van der Waals surface area contributed by atoms with Crippen LogP contribution in [0.15, 0.2) is 24.8 Å². The molecule has 0 unspecified atom stereocenters. The van der Waals surface area contributed by atoms with Crippen molar-refractivity contribution in [3.8, 4) is 0 Å². The molecule has 0 aromatic carbocycles. The predicted octanol–water partition coefficient (Wildman–Crippen LogP) is 0.0315. The van der Waals surface area contributed by atoms with E-state index in [4.69, 9.17) is 14.6 Å². The van der Waals surface area contributed by atoms with E-state index in [1.807, 2.05) is 0 Å². The highest BCUT2D eigenvalue weighted by molar-refractivity contribution is 5.94. The van der Waals surface area contributed by atoms with Crippen molar-refractivity contribution < 1.29 is 19.4 Å². The average Bonchev–Trinajstić information content (AvgIpc) is 2.16. The lowest BCUT2D eigenvalue weighted by Crippen LogP contribution is -2.35. The number of hydrogen-bond donors (Lipinski definition) is 1. The van der Waals surface area contributed by atoms with E-state index >= 15 is 0 Å². The second-order valence-corrected chi connectivity index (χ2v) is 2.56. The molecule has 4 nitrogen and oxygen atoms in total. The van der Waals surface area contributed by atoms with Gasteiger partial charge in [-0.1, -0.05) is 6.08 Å². The summed E-state index contributed by atoms with van der Waals surface area (Å²) in [6.45, 7) is 3.50. The normalized spacial score (nSPS) is 27.6. The maximum absolute atomic E-state index is 11.0. The second-order valence-electron chi connectivity index (χ2n) is 2.56. The Morgan fingerprint density at radius 2 is 2.54 bits per heavy atom. The van der Waals surface area contributed by atoms with Crippen LogP contribution in [0.5, 0.6) is 0 Å². The fraction of sp³-hybridized carbons (Fsp3) is 0.444. The number of hydrogen-bond acceptors (Lipinski definition) is 4. The van der Waals surface area contributed by atoms with Crippen molar-refractivity contribution in [2.24, 2.45) is 0 Å². The van der Waals surface area contributed by atoms with Crippen LogP contribution in [0.3, 0.4) is 0 Å². The molecule has 0 aromatic heterocycles. The van der Waals surface area contributed by atoms with E-state index in [-0.39, 0.29) is 12.4 Å². The number of ketones is 1. The molecule has 1 heterocycles. The minimum atomic E-state index is -0.792. The molecule has 0 saturated carbocycles. The quantitative estimate of drug-likeness (QED) is 0.626. The maximum Gasteiger partial charge on any atom is 0.186 e. The SMILES string of the molecule is C=CCO[C@@H]1C=CC(=O)[C@@H](CO)O1. The van der Waals surface area contributed by atoms with Crippen LogP contribution in [0.25, 0.3) is 0 Å². The average molecular weight is 184 g/mol. The zero-order valence-corrected chi connectivity index (χ0v) is 7.18. The highest BCUT2D eigenvalue weighted by atomic mass is 16.7. The van der Waals surface area contributed by atoms with Gasteiger partial charge in [0.25, 0.3) is 0 Å². The Morgan fingerprint density at radius 1 is 1.77 bits per heavy atom. The molecule has 4 heteroatoms. The van der Waals surface area contributed by atoms with Crippen LogP contribution in [-0.2, 0) is 14.3 Å². The lowest BCUT2D eigenvalue weighted by molar-refractivity contribution is -0.165. The first-order chi connectivity index (χ1) is 6.27. The van der Waals surface area contributed by atoms with E-state index in [0.29, 0.717) is 6.61 Å². The Kier molecular flexibility index (Phi) is 3.82. The molecule has 0 aliphatic carbocycles. The van der Waals surface area contributed by atoms with Crippen LogP contribution in [-0.4, -0.2) is 36.5 Å². The first kappa shape index (κ1) is 10.1.